The van der Waals surface area contributed by atoms with E-state index >= 15 is 0 Å². The van der Waals surface area contributed by atoms with Gasteiger partial charge in [0.05, 0.1) is 11.6 Å². The number of carbonyl (C=O) groups excluding carboxylic acids is 1. The van der Waals surface area contributed by atoms with Gasteiger partial charge in [0.1, 0.15) is 18.1 Å². The lowest BCUT2D eigenvalue weighted by Crippen LogP contribution is -2.58. The summed E-state index contributed by atoms with van der Waals surface area (Å²) in [4.78, 5) is 16.0. The van der Waals surface area contributed by atoms with Crippen LogP contribution in [-0.2, 0) is 4.79 Å². The van der Waals surface area contributed by atoms with Crippen molar-refractivity contribution in [3.8, 4) is 22.6 Å². The molecule has 156 valence electrons. The van der Waals surface area contributed by atoms with Gasteiger partial charge in [0.15, 0.2) is 0 Å². The van der Waals surface area contributed by atoms with Gasteiger partial charge in [-0.05, 0) is 65.2 Å². The molecule has 1 aliphatic heterocycles. The summed E-state index contributed by atoms with van der Waals surface area (Å²) in [6, 6.07) is 14.9. The first-order chi connectivity index (χ1) is 13.9. The molecule has 6 heteroatoms. The van der Waals surface area contributed by atoms with Crippen LogP contribution in [0.15, 0.2) is 46.9 Å². The fraction of sp³-hybridized carbons (Fsp3) is 0.435. The molecular weight excluding hydrogens is 432 g/mol. The second kappa shape index (κ2) is 9.63. The third-order valence-electron chi connectivity index (χ3n) is 5.50. The number of ether oxygens (including phenoxy) is 2. The summed E-state index contributed by atoms with van der Waals surface area (Å²) in [6.07, 6.45) is 0. The van der Waals surface area contributed by atoms with Gasteiger partial charge in [-0.3, -0.25) is 9.69 Å². The van der Waals surface area contributed by atoms with Crippen molar-refractivity contribution in [1.82, 2.24) is 9.80 Å². The van der Waals surface area contributed by atoms with E-state index < -0.39 is 0 Å². The number of methoxy groups -OCH3 is 1. The minimum Gasteiger partial charge on any atom is -0.496 e. The van der Waals surface area contributed by atoms with E-state index in [4.69, 9.17) is 9.47 Å². The average Bonchev–Trinajstić information content (AvgIpc) is 2.70. The molecule has 1 amide bonds. The number of piperazine rings is 1. The van der Waals surface area contributed by atoms with Crippen LogP contribution in [0.3, 0.4) is 0 Å². The minimum atomic E-state index is 0.156. The molecule has 5 nitrogen and oxygen atoms in total. The third-order valence-corrected chi connectivity index (χ3v) is 6.16. The largest absolute Gasteiger partial charge is 0.496 e. The zero-order valence-corrected chi connectivity index (χ0v) is 19.1. The van der Waals surface area contributed by atoms with E-state index in [2.05, 4.69) is 52.9 Å². The predicted octanol–water partition coefficient (Wildman–Crippen LogP) is 4.44. The van der Waals surface area contributed by atoms with Crippen LogP contribution < -0.4 is 9.47 Å². The molecule has 1 fully saturated rings. The first-order valence-electron chi connectivity index (χ1n) is 9.97. The Bertz CT molecular complexity index is 829. The zero-order chi connectivity index (χ0) is 21.0. The average molecular weight is 461 g/mol. The SMILES string of the molecule is COc1cc(-c2ccc(OCCN3[C@H](C)CN(C(C)=O)C[C@@H]3C)cc2)ccc1Br. The van der Waals surface area contributed by atoms with Crippen LogP contribution in [0, 0.1) is 0 Å². The van der Waals surface area contributed by atoms with Gasteiger partial charge in [-0.2, -0.15) is 0 Å². The smallest absolute Gasteiger partial charge is 0.219 e. The van der Waals surface area contributed by atoms with Crippen molar-refractivity contribution in [3.63, 3.8) is 0 Å². The molecule has 0 saturated carbocycles. The fourth-order valence-corrected chi connectivity index (χ4v) is 4.31. The summed E-state index contributed by atoms with van der Waals surface area (Å²) in [5, 5.41) is 0. The van der Waals surface area contributed by atoms with Crippen LogP contribution >= 0.6 is 15.9 Å². The minimum absolute atomic E-state index is 0.156. The van der Waals surface area contributed by atoms with Gasteiger partial charge >= 0.3 is 0 Å². The topological polar surface area (TPSA) is 42.0 Å². The molecule has 0 bridgehead atoms. The Labute approximate surface area is 181 Å². The van der Waals surface area contributed by atoms with Crippen LogP contribution in [0.25, 0.3) is 11.1 Å². The molecule has 0 N–H and O–H groups in total. The van der Waals surface area contributed by atoms with Crippen molar-refractivity contribution in [2.45, 2.75) is 32.9 Å². The van der Waals surface area contributed by atoms with Crippen molar-refractivity contribution in [3.05, 3.63) is 46.9 Å². The molecule has 0 aliphatic carbocycles. The second-order valence-electron chi connectivity index (χ2n) is 7.58. The number of carbonyl (C=O) groups is 1. The number of benzene rings is 2. The summed E-state index contributed by atoms with van der Waals surface area (Å²) < 4.78 is 12.3. The molecule has 0 radical (unpaired) electrons. The first-order valence-corrected chi connectivity index (χ1v) is 10.8. The molecule has 0 spiro atoms. The van der Waals surface area contributed by atoms with E-state index in [0.29, 0.717) is 18.7 Å². The molecule has 1 saturated heterocycles. The molecule has 2 atom stereocenters. The Morgan fingerprint density at radius 1 is 1.07 bits per heavy atom. The third kappa shape index (κ3) is 5.31. The lowest BCUT2D eigenvalue weighted by atomic mass is 10.1. The van der Waals surface area contributed by atoms with Gasteiger partial charge < -0.3 is 14.4 Å². The summed E-state index contributed by atoms with van der Waals surface area (Å²) in [7, 11) is 1.67. The first kappa shape index (κ1) is 21.7. The summed E-state index contributed by atoms with van der Waals surface area (Å²) >= 11 is 3.49. The van der Waals surface area contributed by atoms with Crippen molar-refractivity contribution in [2.24, 2.45) is 0 Å². The van der Waals surface area contributed by atoms with Gasteiger partial charge in [-0.1, -0.05) is 18.2 Å². The maximum atomic E-state index is 11.7. The summed E-state index contributed by atoms with van der Waals surface area (Å²) in [5.74, 6) is 1.83. The highest BCUT2D eigenvalue weighted by atomic mass is 79.9. The zero-order valence-electron chi connectivity index (χ0n) is 17.5. The van der Waals surface area contributed by atoms with Crippen molar-refractivity contribution >= 4 is 21.8 Å². The Kier molecular flexibility index (Phi) is 7.19. The van der Waals surface area contributed by atoms with Crippen LogP contribution in [0.1, 0.15) is 20.8 Å². The van der Waals surface area contributed by atoms with E-state index in [1.54, 1.807) is 14.0 Å². The quantitative estimate of drug-likeness (QED) is 0.638. The molecule has 1 heterocycles. The van der Waals surface area contributed by atoms with Gasteiger partial charge in [0.25, 0.3) is 0 Å². The number of rotatable bonds is 6. The highest BCUT2D eigenvalue weighted by molar-refractivity contribution is 9.10. The molecule has 1 aliphatic rings. The maximum absolute atomic E-state index is 11.7. The molecular formula is C23H29BrN2O3. The molecule has 2 aromatic rings. The van der Waals surface area contributed by atoms with E-state index in [1.165, 1.54) is 0 Å². The van der Waals surface area contributed by atoms with E-state index in [1.807, 2.05) is 29.2 Å². The Hall–Kier alpha value is -2.05. The number of nitrogens with zero attached hydrogens (tertiary/aromatic N) is 2. The van der Waals surface area contributed by atoms with E-state index in [-0.39, 0.29) is 5.91 Å². The van der Waals surface area contributed by atoms with Crippen LogP contribution in [0.5, 0.6) is 11.5 Å². The highest BCUT2D eigenvalue weighted by Gasteiger charge is 2.30. The van der Waals surface area contributed by atoms with E-state index in [0.717, 1.165) is 46.7 Å². The molecule has 0 unspecified atom stereocenters. The second-order valence-corrected chi connectivity index (χ2v) is 8.44. The van der Waals surface area contributed by atoms with E-state index in [9.17, 15) is 4.79 Å². The predicted molar refractivity (Wildman–Crippen MR) is 120 cm³/mol. The summed E-state index contributed by atoms with van der Waals surface area (Å²) in [6.45, 7) is 9.03. The van der Waals surface area contributed by atoms with Gasteiger partial charge in [0.2, 0.25) is 5.91 Å². The number of hydrogen-bond acceptors (Lipinski definition) is 4. The van der Waals surface area contributed by atoms with Gasteiger partial charge in [-0.15, -0.1) is 0 Å². The molecule has 2 aromatic carbocycles. The van der Waals surface area contributed by atoms with Gasteiger partial charge in [0, 0.05) is 38.6 Å². The monoisotopic (exact) mass is 460 g/mol. The molecule has 29 heavy (non-hydrogen) atoms. The van der Waals surface area contributed by atoms with Crippen LogP contribution in [-0.4, -0.2) is 61.1 Å². The number of amides is 1. The Morgan fingerprint density at radius 2 is 1.69 bits per heavy atom. The summed E-state index contributed by atoms with van der Waals surface area (Å²) in [5.41, 5.74) is 2.22. The van der Waals surface area contributed by atoms with Crippen LogP contribution in [0.2, 0.25) is 0 Å². The lowest BCUT2D eigenvalue weighted by molar-refractivity contribution is -0.133. The van der Waals surface area contributed by atoms with Crippen molar-refractivity contribution in [1.29, 1.82) is 0 Å². The van der Waals surface area contributed by atoms with Crippen molar-refractivity contribution < 1.29 is 14.3 Å². The number of halogens is 1. The lowest BCUT2D eigenvalue weighted by Gasteiger charge is -2.44. The Morgan fingerprint density at radius 3 is 2.28 bits per heavy atom. The standard InChI is InChI=1S/C23H29BrN2O3/c1-16-14-25(18(3)27)15-17(2)26(16)11-12-29-21-8-5-19(6-9-21)20-7-10-22(24)23(13-20)28-4/h5-10,13,16-17H,11-12,14-15H2,1-4H3/t16-,17+. The highest BCUT2D eigenvalue weighted by Crippen LogP contribution is 2.31. The van der Waals surface area contributed by atoms with Crippen molar-refractivity contribution in [2.75, 3.05) is 33.4 Å². The molecule has 3 rings (SSSR count). The van der Waals surface area contributed by atoms with Crippen LogP contribution in [0.4, 0.5) is 0 Å². The maximum Gasteiger partial charge on any atom is 0.219 e. The Balaban J connectivity index is 1.55. The number of hydrogen-bond donors (Lipinski definition) is 0. The normalized spacial score (nSPS) is 19.8. The van der Waals surface area contributed by atoms with Gasteiger partial charge in [-0.25, -0.2) is 0 Å². The fourth-order valence-electron chi connectivity index (χ4n) is 3.91. The molecule has 0 aromatic heterocycles.